The van der Waals surface area contributed by atoms with Crippen LogP contribution in [0.3, 0.4) is 0 Å². The van der Waals surface area contributed by atoms with Crippen molar-refractivity contribution in [3.8, 4) is 11.5 Å². The molecule has 3 aromatic carbocycles. The number of anilines is 1. The fourth-order valence-corrected chi connectivity index (χ4v) is 10.8. The lowest BCUT2D eigenvalue weighted by Crippen LogP contribution is -2.48. The molecule has 0 spiro atoms. The summed E-state index contributed by atoms with van der Waals surface area (Å²) in [5.41, 5.74) is 4.16. The summed E-state index contributed by atoms with van der Waals surface area (Å²) >= 11 is 7.83. The van der Waals surface area contributed by atoms with Crippen molar-refractivity contribution in [3.63, 3.8) is 0 Å². The summed E-state index contributed by atoms with van der Waals surface area (Å²) < 4.78 is 18.8. The third-order valence-electron chi connectivity index (χ3n) is 11.4. The Morgan fingerprint density at radius 1 is 1.00 bits per heavy atom. The van der Waals surface area contributed by atoms with Gasteiger partial charge in [0.05, 0.1) is 29.5 Å². The summed E-state index contributed by atoms with van der Waals surface area (Å²) in [4.78, 5) is 45.2. The number of allylic oxidation sites excluding steroid dienone is 1. The highest BCUT2D eigenvalue weighted by molar-refractivity contribution is 7.07. The molecule has 1 aromatic heterocycles. The Morgan fingerprint density at radius 3 is 2.36 bits per heavy atom. The van der Waals surface area contributed by atoms with Crippen LogP contribution in [0.1, 0.15) is 75.1 Å². The number of esters is 1. The van der Waals surface area contributed by atoms with Gasteiger partial charge in [-0.2, -0.15) is 0 Å². The number of halogens is 1. The first-order valence-electron chi connectivity index (χ1n) is 18.3. The van der Waals surface area contributed by atoms with Gasteiger partial charge in [0.1, 0.15) is 6.04 Å². The van der Waals surface area contributed by atoms with Crippen LogP contribution in [0.2, 0.25) is 5.02 Å². The van der Waals surface area contributed by atoms with Crippen LogP contribution in [0.4, 0.5) is 5.69 Å². The molecule has 1 amide bonds. The molecule has 274 valence electrons. The second-order valence-electron chi connectivity index (χ2n) is 14.8. The fraction of sp³-hybridized carbons (Fsp3) is 0.381. The number of nitrogens with one attached hydrogen (secondary N) is 1. The molecule has 0 unspecified atom stereocenters. The third kappa shape index (κ3) is 6.72. The summed E-state index contributed by atoms with van der Waals surface area (Å²) in [6, 6.07) is 20.0. The van der Waals surface area contributed by atoms with Gasteiger partial charge in [-0.05, 0) is 129 Å². The van der Waals surface area contributed by atoms with Crippen LogP contribution in [-0.4, -0.2) is 36.8 Å². The molecule has 1 N–H and O–H groups in total. The maximum atomic E-state index is 14.0. The van der Waals surface area contributed by atoms with Crippen molar-refractivity contribution in [3.05, 3.63) is 119 Å². The second-order valence-corrected chi connectivity index (χ2v) is 16.3. The monoisotopic (exact) mass is 751 g/mol. The van der Waals surface area contributed by atoms with Gasteiger partial charge < -0.3 is 19.5 Å². The molecule has 9 rings (SSSR count). The molecule has 0 saturated heterocycles. The molecule has 2 heterocycles. The summed E-state index contributed by atoms with van der Waals surface area (Å²) in [5.74, 6) is 2.62. The van der Waals surface area contributed by atoms with Crippen LogP contribution in [0.5, 0.6) is 11.5 Å². The molecular formula is C42H42ClN3O6S. The number of nitrogens with zero attached hydrogens (tertiary/aromatic N) is 2. The van der Waals surface area contributed by atoms with Gasteiger partial charge in [0, 0.05) is 10.7 Å². The smallest absolute Gasteiger partial charge is 0.338 e. The summed E-state index contributed by atoms with van der Waals surface area (Å²) in [6.45, 7) is 3.44. The highest BCUT2D eigenvalue weighted by Crippen LogP contribution is 2.60. The number of aromatic nitrogens is 1. The number of benzene rings is 3. The predicted molar refractivity (Wildman–Crippen MR) is 205 cm³/mol. The Morgan fingerprint density at radius 2 is 1.70 bits per heavy atom. The van der Waals surface area contributed by atoms with E-state index in [1.807, 2.05) is 18.2 Å². The molecule has 9 nitrogen and oxygen atoms in total. The van der Waals surface area contributed by atoms with Gasteiger partial charge in [-0.15, -0.1) is 0 Å². The van der Waals surface area contributed by atoms with Crippen LogP contribution in [0, 0.1) is 17.8 Å². The van der Waals surface area contributed by atoms with Crippen molar-refractivity contribution in [2.24, 2.45) is 22.7 Å². The minimum atomic E-state index is -0.808. The van der Waals surface area contributed by atoms with Crippen LogP contribution in [0.15, 0.2) is 87.8 Å². The van der Waals surface area contributed by atoms with E-state index in [2.05, 4.69) is 22.4 Å². The zero-order chi connectivity index (χ0) is 36.9. The van der Waals surface area contributed by atoms with Gasteiger partial charge in [0.2, 0.25) is 0 Å². The van der Waals surface area contributed by atoms with E-state index in [4.69, 9.17) is 25.8 Å². The van der Waals surface area contributed by atoms with Crippen LogP contribution in [0.25, 0.3) is 6.08 Å². The molecule has 53 heavy (non-hydrogen) atoms. The highest BCUT2D eigenvalue weighted by Gasteiger charge is 2.51. The van der Waals surface area contributed by atoms with Gasteiger partial charge in [-0.25, -0.2) is 9.79 Å². The Bertz CT molecular complexity index is 2270. The average molecular weight is 752 g/mol. The van der Waals surface area contributed by atoms with Crippen molar-refractivity contribution in [2.75, 3.05) is 25.6 Å². The molecule has 1 atom stereocenters. The molecule has 4 saturated carbocycles. The van der Waals surface area contributed by atoms with Gasteiger partial charge in [0.15, 0.2) is 22.9 Å². The number of rotatable bonds is 10. The normalized spacial score (nSPS) is 24.4. The molecule has 4 bridgehead atoms. The molecule has 4 aromatic rings. The maximum absolute atomic E-state index is 14.0. The topological polar surface area (TPSA) is 108 Å². The second kappa shape index (κ2) is 14.3. The Balaban J connectivity index is 0.983. The van der Waals surface area contributed by atoms with Gasteiger partial charge >= 0.3 is 5.97 Å². The predicted octanol–water partition coefficient (Wildman–Crippen LogP) is 6.95. The minimum absolute atomic E-state index is 0.177. The van der Waals surface area contributed by atoms with Crippen molar-refractivity contribution in [1.82, 2.24) is 4.57 Å². The molecule has 11 heteroatoms. The number of fused-ring (bicyclic) bond motifs is 1. The standard InChI is InChI=1S/C42H42ClN3O6S/c1-4-51-40(49)37-24(2)44-41-46(38(37)31-7-5-6-8-32(31)43)39(48)35(53-41)19-25-9-14-33(34(18-25)50-3)52-23-36(47)45-30-12-10-29(11-13-30)42-20-26-15-27(21-42)17-28(16-26)22-42/h5-14,18-19,26-28,38H,4,15-17,20-23H2,1-3H3,(H,45,47)/b35-19+/t26?,27?,28?,38-,42?/m0/s1. The largest absolute Gasteiger partial charge is 0.493 e. The number of methoxy groups -OCH3 is 1. The quantitative estimate of drug-likeness (QED) is 0.176. The number of thiazole rings is 1. The number of amides is 1. The number of hydrogen-bond acceptors (Lipinski definition) is 8. The zero-order valence-corrected chi connectivity index (χ0v) is 31.6. The first-order chi connectivity index (χ1) is 25.6. The molecular weight excluding hydrogens is 710 g/mol. The molecule has 5 aliphatic rings. The van der Waals surface area contributed by atoms with E-state index in [0.29, 0.717) is 48.1 Å². The van der Waals surface area contributed by atoms with Crippen LogP contribution < -0.4 is 29.7 Å². The SMILES string of the molecule is CCOC(=O)C1=C(C)N=c2s/c(=C/c3ccc(OCC(=O)Nc4ccc(C56CC7CC(CC(C7)C5)C6)cc4)c(OC)c3)c(=O)n2[C@H]1c1ccccc1Cl. The highest BCUT2D eigenvalue weighted by atomic mass is 35.5. The van der Waals surface area contributed by atoms with E-state index in [-0.39, 0.29) is 30.3 Å². The molecule has 4 fully saturated rings. The lowest BCUT2D eigenvalue weighted by Gasteiger charge is -2.57. The first kappa shape index (κ1) is 35.4. The van der Waals surface area contributed by atoms with Gasteiger partial charge in [-0.1, -0.05) is 59.3 Å². The third-order valence-corrected chi connectivity index (χ3v) is 12.7. The fourth-order valence-electron chi connectivity index (χ4n) is 9.54. The van der Waals surface area contributed by atoms with E-state index in [1.165, 1.54) is 67.1 Å². The van der Waals surface area contributed by atoms with Crippen molar-refractivity contribution >= 4 is 46.6 Å². The molecule has 0 radical (unpaired) electrons. The first-order valence-corrected chi connectivity index (χ1v) is 19.5. The van der Waals surface area contributed by atoms with Crippen molar-refractivity contribution in [2.45, 2.75) is 63.8 Å². The lowest BCUT2D eigenvalue weighted by atomic mass is 9.48. The summed E-state index contributed by atoms with van der Waals surface area (Å²) in [5, 5.41) is 3.39. The molecule has 1 aliphatic heterocycles. The van der Waals surface area contributed by atoms with Crippen LogP contribution in [-0.2, 0) is 19.7 Å². The average Bonchev–Trinajstić information content (AvgIpc) is 3.43. The zero-order valence-electron chi connectivity index (χ0n) is 30.0. The molecule has 4 aliphatic carbocycles. The van der Waals surface area contributed by atoms with E-state index in [0.717, 1.165) is 23.4 Å². The van der Waals surface area contributed by atoms with Gasteiger partial charge in [0.25, 0.3) is 11.5 Å². The summed E-state index contributed by atoms with van der Waals surface area (Å²) in [6.07, 6.45) is 9.89. The number of carbonyl (C=O) groups is 2. The number of hydrogen-bond donors (Lipinski definition) is 1. The van der Waals surface area contributed by atoms with E-state index < -0.39 is 12.0 Å². The van der Waals surface area contributed by atoms with E-state index in [1.54, 1.807) is 56.3 Å². The summed E-state index contributed by atoms with van der Waals surface area (Å²) in [7, 11) is 1.52. The van der Waals surface area contributed by atoms with E-state index in [9.17, 15) is 14.4 Å². The van der Waals surface area contributed by atoms with E-state index >= 15 is 0 Å². The van der Waals surface area contributed by atoms with Crippen LogP contribution >= 0.6 is 22.9 Å². The lowest BCUT2D eigenvalue weighted by molar-refractivity contribution is -0.139. The minimum Gasteiger partial charge on any atom is -0.493 e. The Labute approximate surface area is 317 Å². The number of ether oxygens (including phenoxy) is 3. The number of carbonyl (C=O) groups excluding carboxylic acids is 2. The maximum Gasteiger partial charge on any atom is 0.338 e. The van der Waals surface area contributed by atoms with Crippen molar-refractivity contribution < 1.29 is 23.8 Å². The Kier molecular flexibility index (Phi) is 9.53. The van der Waals surface area contributed by atoms with Crippen molar-refractivity contribution in [1.29, 1.82) is 0 Å². The van der Waals surface area contributed by atoms with Gasteiger partial charge in [-0.3, -0.25) is 14.2 Å². The Hall–Kier alpha value is -4.67.